The Hall–Kier alpha value is -2.41. The van der Waals surface area contributed by atoms with E-state index in [2.05, 4.69) is 4.98 Å². The molecule has 2 fully saturated rings. The van der Waals surface area contributed by atoms with E-state index in [-0.39, 0.29) is 17.7 Å². The first-order chi connectivity index (χ1) is 12.2. The molecule has 0 unspecified atom stereocenters. The van der Waals surface area contributed by atoms with E-state index in [1.165, 1.54) is 0 Å². The normalized spacial score (nSPS) is 21.5. The number of hydrogen-bond acceptors (Lipinski definition) is 4. The Labute approximate surface area is 146 Å². The van der Waals surface area contributed by atoms with Crippen LogP contribution in [0.3, 0.4) is 0 Å². The second-order valence-corrected chi connectivity index (χ2v) is 6.62. The molecule has 7 nitrogen and oxygen atoms in total. The molecule has 0 bridgehead atoms. The lowest BCUT2D eigenvalue weighted by Gasteiger charge is -2.36. The summed E-state index contributed by atoms with van der Waals surface area (Å²) in [6.45, 7) is 3.65. The fourth-order valence-electron chi connectivity index (χ4n) is 3.60. The molecule has 1 atom stereocenters. The summed E-state index contributed by atoms with van der Waals surface area (Å²) in [5, 5.41) is 0. The van der Waals surface area contributed by atoms with E-state index >= 15 is 0 Å². The van der Waals surface area contributed by atoms with Crippen molar-refractivity contribution in [1.82, 2.24) is 19.2 Å². The van der Waals surface area contributed by atoms with Crippen LogP contribution in [0.5, 0.6) is 0 Å². The number of ether oxygens (including phenoxy) is 1. The summed E-state index contributed by atoms with van der Waals surface area (Å²) >= 11 is 0. The molecule has 0 aliphatic carbocycles. The molecule has 132 valence electrons. The van der Waals surface area contributed by atoms with Crippen LogP contribution in [-0.2, 0) is 9.53 Å². The highest BCUT2D eigenvalue weighted by Gasteiger charge is 2.32. The van der Waals surface area contributed by atoms with Crippen molar-refractivity contribution in [2.24, 2.45) is 5.92 Å². The van der Waals surface area contributed by atoms with E-state index in [1.54, 1.807) is 11.1 Å². The first-order valence-corrected chi connectivity index (χ1v) is 8.82. The van der Waals surface area contributed by atoms with Gasteiger partial charge in [-0.25, -0.2) is 4.98 Å². The van der Waals surface area contributed by atoms with Crippen LogP contribution in [0.25, 0.3) is 5.65 Å². The topological polar surface area (TPSA) is 67.2 Å². The number of likely N-dealkylation sites (tertiary alicyclic amines) is 1. The van der Waals surface area contributed by atoms with Gasteiger partial charge in [0.25, 0.3) is 5.91 Å². The first kappa shape index (κ1) is 16.1. The van der Waals surface area contributed by atoms with Gasteiger partial charge in [0.1, 0.15) is 11.3 Å². The molecule has 7 heteroatoms. The van der Waals surface area contributed by atoms with E-state index < -0.39 is 0 Å². The summed E-state index contributed by atoms with van der Waals surface area (Å²) in [7, 11) is 0. The van der Waals surface area contributed by atoms with Crippen molar-refractivity contribution in [1.29, 1.82) is 0 Å². The molecule has 2 saturated heterocycles. The van der Waals surface area contributed by atoms with Crippen LogP contribution in [0, 0.1) is 5.92 Å². The minimum Gasteiger partial charge on any atom is -0.378 e. The molecule has 2 aliphatic rings. The van der Waals surface area contributed by atoms with E-state index in [4.69, 9.17) is 4.74 Å². The zero-order chi connectivity index (χ0) is 17.2. The standard InChI is InChI=1S/C18H22N4O3/c23-17(20-8-10-25-11-9-20)14-4-3-7-22(12-14)18(24)15-13-21-6-2-1-5-16(21)19-15/h1-2,5-6,13-14H,3-4,7-12H2/t14-/m0/s1. The Bertz CT molecular complexity index is 748. The number of aromatic nitrogens is 2. The third-order valence-electron chi connectivity index (χ3n) is 4.96. The summed E-state index contributed by atoms with van der Waals surface area (Å²) in [5.74, 6) is -0.0631. The van der Waals surface area contributed by atoms with Crippen molar-refractivity contribution in [2.45, 2.75) is 12.8 Å². The number of fused-ring (bicyclic) bond motifs is 1. The predicted molar refractivity (Wildman–Crippen MR) is 91.2 cm³/mol. The molecule has 0 radical (unpaired) electrons. The maximum atomic E-state index is 12.8. The third-order valence-corrected chi connectivity index (χ3v) is 4.96. The molecule has 0 aromatic carbocycles. The Morgan fingerprint density at radius 3 is 2.76 bits per heavy atom. The molecule has 2 aromatic rings. The number of rotatable bonds is 2. The Kier molecular flexibility index (Phi) is 4.40. The van der Waals surface area contributed by atoms with E-state index in [0.29, 0.717) is 45.1 Å². The Balaban J connectivity index is 1.46. The number of pyridine rings is 1. The minimum atomic E-state index is -0.118. The summed E-state index contributed by atoms with van der Waals surface area (Å²) < 4.78 is 7.16. The fourth-order valence-corrected chi connectivity index (χ4v) is 3.60. The number of hydrogen-bond donors (Lipinski definition) is 0. The van der Waals surface area contributed by atoms with Crippen molar-refractivity contribution in [3.8, 4) is 0 Å². The summed E-state index contributed by atoms with van der Waals surface area (Å²) in [6.07, 6.45) is 5.32. The summed E-state index contributed by atoms with van der Waals surface area (Å²) in [6, 6.07) is 5.67. The molecule has 2 aromatic heterocycles. The number of morpholine rings is 1. The molecule has 0 spiro atoms. The van der Waals surface area contributed by atoms with Crippen LogP contribution in [0.4, 0.5) is 0 Å². The second-order valence-electron chi connectivity index (χ2n) is 6.62. The number of nitrogens with zero attached hydrogens (tertiary/aromatic N) is 4. The third kappa shape index (κ3) is 3.24. The minimum absolute atomic E-state index is 0.0943. The largest absolute Gasteiger partial charge is 0.378 e. The smallest absolute Gasteiger partial charge is 0.274 e. The van der Waals surface area contributed by atoms with Gasteiger partial charge in [0, 0.05) is 38.6 Å². The molecule has 4 rings (SSSR count). The van der Waals surface area contributed by atoms with Crippen LogP contribution >= 0.6 is 0 Å². The Morgan fingerprint density at radius 1 is 1.12 bits per heavy atom. The highest BCUT2D eigenvalue weighted by atomic mass is 16.5. The highest BCUT2D eigenvalue weighted by Crippen LogP contribution is 2.21. The van der Waals surface area contributed by atoms with Gasteiger partial charge in [0.05, 0.1) is 19.1 Å². The van der Waals surface area contributed by atoms with Crippen molar-refractivity contribution >= 4 is 17.5 Å². The van der Waals surface area contributed by atoms with Crippen molar-refractivity contribution < 1.29 is 14.3 Å². The van der Waals surface area contributed by atoms with Crippen molar-refractivity contribution in [3.63, 3.8) is 0 Å². The lowest BCUT2D eigenvalue weighted by atomic mass is 9.96. The van der Waals surface area contributed by atoms with E-state index in [9.17, 15) is 9.59 Å². The summed E-state index contributed by atoms with van der Waals surface area (Å²) in [4.78, 5) is 33.6. The quantitative estimate of drug-likeness (QED) is 0.818. The lowest BCUT2D eigenvalue weighted by Crippen LogP contribution is -2.49. The zero-order valence-corrected chi connectivity index (χ0v) is 14.1. The molecule has 4 heterocycles. The number of piperidine rings is 1. The molecule has 2 amide bonds. The molecule has 0 N–H and O–H groups in total. The molecule has 0 saturated carbocycles. The zero-order valence-electron chi connectivity index (χ0n) is 14.1. The maximum absolute atomic E-state index is 12.8. The predicted octanol–water partition coefficient (Wildman–Crippen LogP) is 1.05. The van der Waals surface area contributed by atoms with E-state index in [1.807, 2.05) is 33.7 Å². The van der Waals surface area contributed by atoms with Gasteiger partial charge in [0.15, 0.2) is 0 Å². The Morgan fingerprint density at radius 2 is 1.96 bits per heavy atom. The van der Waals surface area contributed by atoms with Gasteiger partial charge >= 0.3 is 0 Å². The monoisotopic (exact) mass is 342 g/mol. The van der Waals surface area contributed by atoms with Crippen molar-refractivity contribution in [3.05, 3.63) is 36.3 Å². The van der Waals surface area contributed by atoms with Gasteiger partial charge in [-0.05, 0) is 25.0 Å². The van der Waals surface area contributed by atoms with Crippen LogP contribution in [0.15, 0.2) is 30.6 Å². The molecular formula is C18H22N4O3. The van der Waals surface area contributed by atoms with Crippen LogP contribution in [0.2, 0.25) is 0 Å². The van der Waals surface area contributed by atoms with Gasteiger partial charge in [-0.2, -0.15) is 0 Å². The SMILES string of the molecule is O=C(c1cn2ccccc2n1)N1CCC[C@H](C(=O)N2CCOCC2)C1. The number of amides is 2. The average Bonchev–Trinajstić information content (AvgIpc) is 3.12. The van der Waals surface area contributed by atoms with Gasteiger partial charge in [-0.1, -0.05) is 6.07 Å². The summed E-state index contributed by atoms with van der Waals surface area (Å²) in [5.41, 5.74) is 1.19. The first-order valence-electron chi connectivity index (χ1n) is 8.82. The number of carbonyl (C=O) groups is 2. The van der Waals surface area contributed by atoms with Crippen molar-refractivity contribution in [2.75, 3.05) is 39.4 Å². The highest BCUT2D eigenvalue weighted by molar-refractivity contribution is 5.93. The number of carbonyl (C=O) groups excluding carboxylic acids is 2. The average molecular weight is 342 g/mol. The second kappa shape index (κ2) is 6.84. The van der Waals surface area contributed by atoms with Crippen LogP contribution in [0.1, 0.15) is 23.3 Å². The van der Waals surface area contributed by atoms with Gasteiger partial charge in [-0.3, -0.25) is 9.59 Å². The van der Waals surface area contributed by atoms with E-state index in [0.717, 1.165) is 18.5 Å². The lowest BCUT2D eigenvalue weighted by molar-refractivity contribution is -0.141. The number of imidazole rings is 1. The molecule has 25 heavy (non-hydrogen) atoms. The molecular weight excluding hydrogens is 320 g/mol. The maximum Gasteiger partial charge on any atom is 0.274 e. The van der Waals surface area contributed by atoms with Crippen LogP contribution in [-0.4, -0.2) is 70.4 Å². The van der Waals surface area contributed by atoms with Gasteiger partial charge in [-0.15, -0.1) is 0 Å². The van der Waals surface area contributed by atoms with Crippen LogP contribution < -0.4 is 0 Å². The fraction of sp³-hybridized carbons (Fsp3) is 0.500. The van der Waals surface area contributed by atoms with Gasteiger partial charge < -0.3 is 18.9 Å². The van der Waals surface area contributed by atoms with Gasteiger partial charge in [0.2, 0.25) is 5.91 Å². The molecule has 2 aliphatic heterocycles.